The summed E-state index contributed by atoms with van der Waals surface area (Å²) in [6.07, 6.45) is 7.61. The Labute approximate surface area is 200 Å². The maximum atomic E-state index is 11.6. The fraction of sp³-hybridized carbons (Fsp3) is 0.500. The molecule has 0 amide bonds. The Hall–Kier alpha value is -3.09. The highest BCUT2D eigenvalue weighted by molar-refractivity contribution is 5.79. The minimum atomic E-state index is -0.229. The minimum absolute atomic E-state index is 0.229. The fourth-order valence-corrected chi connectivity index (χ4v) is 3.24. The van der Waals surface area contributed by atoms with Crippen LogP contribution in [0.15, 0.2) is 60.0 Å². The molecule has 33 heavy (non-hydrogen) atoms. The van der Waals surface area contributed by atoms with Gasteiger partial charge in [-0.2, -0.15) is 0 Å². The number of allylic oxidation sites excluding steroid dienone is 4. The van der Waals surface area contributed by atoms with Crippen molar-refractivity contribution < 1.29 is 4.79 Å². The minimum Gasteiger partial charge on any atom is -0.362 e. The number of carbonyl (C=O) groups is 1. The van der Waals surface area contributed by atoms with Crippen molar-refractivity contribution in [2.75, 3.05) is 17.7 Å². The number of hydrogen-bond acceptors (Lipinski definition) is 7. The van der Waals surface area contributed by atoms with Crippen LogP contribution in [0.25, 0.3) is 0 Å². The second-order valence-corrected chi connectivity index (χ2v) is 8.52. The number of aromatic nitrogens is 2. The van der Waals surface area contributed by atoms with Gasteiger partial charge in [0, 0.05) is 18.8 Å². The summed E-state index contributed by atoms with van der Waals surface area (Å²) in [7, 11) is 2.00. The normalized spacial score (nSPS) is 18.1. The van der Waals surface area contributed by atoms with E-state index in [0.717, 1.165) is 29.0 Å². The lowest BCUT2D eigenvalue weighted by atomic mass is 10.1. The van der Waals surface area contributed by atoms with Crippen LogP contribution >= 0.6 is 0 Å². The molecule has 1 aromatic heterocycles. The standard InChI is InChI=1S/C21H28N6O.C3H8.C2H6/c1-13(20-15(3)26-21(4,5)27(20)6)9-17(11-28)25-19-10-18(22-12-23-19)24-14(2)16-7-8-16;1-3-2;1-2/h9-12,16,26H,2-3,7-8H2,1,4-6H3,(H2,22,23,24,25);3H2,1-2H3;1-2H3/b17-9+,20-13-;;. The second-order valence-electron chi connectivity index (χ2n) is 8.52. The van der Waals surface area contributed by atoms with Crippen molar-refractivity contribution in [1.29, 1.82) is 0 Å². The largest absolute Gasteiger partial charge is 0.362 e. The predicted molar refractivity (Wildman–Crippen MR) is 139 cm³/mol. The predicted octanol–water partition coefficient (Wildman–Crippen LogP) is 5.81. The number of nitrogens with one attached hydrogen (secondary N) is 3. The summed E-state index contributed by atoms with van der Waals surface area (Å²) in [4.78, 5) is 22.2. The van der Waals surface area contributed by atoms with Crippen molar-refractivity contribution in [3.05, 3.63) is 60.0 Å². The van der Waals surface area contributed by atoms with E-state index in [9.17, 15) is 4.79 Å². The first-order valence-corrected chi connectivity index (χ1v) is 11.8. The van der Waals surface area contributed by atoms with Crippen molar-refractivity contribution in [1.82, 2.24) is 20.2 Å². The van der Waals surface area contributed by atoms with Gasteiger partial charge in [-0.15, -0.1) is 0 Å². The van der Waals surface area contributed by atoms with Gasteiger partial charge in [-0.1, -0.05) is 47.3 Å². The van der Waals surface area contributed by atoms with Crippen LogP contribution in [0.5, 0.6) is 0 Å². The molecular weight excluding hydrogens is 412 g/mol. The zero-order chi connectivity index (χ0) is 25.2. The molecule has 0 aromatic carbocycles. The molecule has 1 aliphatic heterocycles. The number of likely N-dealkylation sites (N-methyl/N-ethyl adjacent to an activating group) is 1. The van der Waals surface area contributed by atoms with Crippen molar-refractivity contribution in [3.63, 3.8) is 0 Å². The van der Waals surface area contributed by atoms with Gasteiger partial charge < -0.3 is 20.9 Å². The SMILES string of the molecule is C=C1NC(C)(C)N(C)/C1=C(C)\C=C(/C=O)Nc1cc(NC(=C)C2CC2)ncn1.CC.CCC. The maximum absolute atomic E-state index is 11.6. The van der Waals surface area contributed by atoms with Gasteiger partial charge in [0.25, 0.3) is 0 Å². The first kappa shape index (κ1) is 27.9. The van der Waals surface area contributed by atoms with E-state index in [1.807, 2.05) is 27.8 Å². The molecule has 2 fully saturated rings. The molecule has 3 N–H and O–H groups in total. The zero-order valence-electron chi connectivity index (χ0n) is 21.7. The number of hydrogen-bond donors (Lipinski definition) is 3. The van der Waals surface area contributed by atoms with Gasteiger partial charge in [0.1, 0.15) is 23.6 Å². The molecule has 2 heterocycles. The van der Waals surface area contributed by atoms with Crippen LogP contribution in [0.3, 0.4) is 0 Å². The molecule has 0 radical (unpaired) electrons. The molecule has 3 rings (SSSR count). The Morgan fingerprint density at radius 2 is 1.79 bits per heavy atom. The first-order valence-electron chi connectivity index (χ1n) is 11.8. The van der Waals surface area contributed by atoms with Gasteiger partial charge in [-0.05, 0) is 51.2 Å². The Morgan fingerprint density at radius 3 is 2.24 bits per heavy atom. The van der Waals surface area contributed by atoms with E-state index in [0.29, 0.717) is 23.3 Å². The Kier molecular flexibility index (Phi) is 10.9. The van der Waals surface area contributed by atoms with Crippen LogP contribution in [-0.2, 0) is 4.79 Å². The van der Waals surface area contributed by atoms with Crippen LogP contribution in [0, 0.1) is 5.92 Å². The number of aldehydes is 1. The van der Waals surface area contributed by atoms with Gasteiger partial charge in [0.15, 0.2) is 6.29 Å². The van der Waals surface area contributed by atoms with Crippen LogP contribution in [-0.4, -0.2) is 33.9 Å². The molecule has 1 aromatic rings. The van der Waals surface area contributed by atoms with Crippen molar-refractivity contribution in [2.45, 2.75) is 73.4 Å². The number of anilines is 2. The Balaban J connectivity index is 0.00000101. The topological polar surface area (TPSA) is 82.2 Å². The van der Waals surface area contributed by atoms with Crippen LogP contribution < -0.4 is 16.0 Å². The molecule has 1 aliphatic carbocycles. The van der Waals surface area contributed by atoms with E-state index in [2.05, 4.69) is 71.7 Å². The summed E-state index contributed by atoms with van der Waals surface area (Å²) in [6, 6.07) is 1.76. The van der Waals surface area contributed by atoms with E-state index in [1.54, 1.807) is 12.1 Å². The van der Waals surface area contributed by atoms with Crippen LogP contribution in [0.4, 0.5) is 11.6 Å². The molecule has 2 aliphatic rings. The monoisotopic (exact) mass is 454 g/mol. The third-order valence-electron chi connectivity index (χ3n) is 5.09. The smallest absolute Gasteiger partial charge is 0.166 e. The summed E-state index contributed by atoms with van der Waals surface area (Å²) in [6.45, 7) is 22.5. The lowest BCUT2D eigenvalue weighted by molar-refractivity contribution is -0.104. The maximum Gasteiger partial charge on any atom is 0.166 e. The van der Waals surface area contributed by atoms with E-state index in [4.69, 9.17) is 0 Å². The molecule has 1 saturated carbocycles. The lowest BCUT2D eigenvalue weighted by Gasteiger charge is -2.29. The third kappa shape index (κ3) is 8.08. The highest BCUT2D eigenvalue weighted by atomic mass is 16.1. The second kappa shape index (κ2) is 12.8. The van der Waals surface area contributed by atoms with Crippen molar-refractivity contribution in [2.24, 2.45) is 5.92 Å². The zero-order valence-corrected chi connectivity index (χ0v) is 21.7. The molecule has 0 unspecified atom stereocenters. The van der Waals surface area contributed by atoms with Crippen molar-refractivity contribution in [3.8, 4) is 0 Å². The number of carbonyl (C=O) groups excluding carboxylic acids is 1. The highest BCUT2D eigenvalue weighted by Gasteiger charge is 2.34. The quantitative estimate of drug-likeness (QED) is 0.354. The Bertz CT molecular complexity index is 896. The van der Waals surface area contributed by atoms with E-state index < -0.39 is 0 Å². The molecule has 7 heteroatoms. The molecule has 0 bridgehead atoms. The summed E-state index contributed by atoms with van der Waals surface area (Å²) < 4.78 is 0. The summed E-state index contributed by atoms with van der Waals surface area (Å²) >= 11 is 0. The van der Waals surface area contributed by atoms with Gasteiger partial charge >= 0.3 is 0 Å². The lowest BCUT2D eigenvalue weighted by Crippen LogP contribution is -2.42. The average molecular weight is 455 g/mol. The van der Waals surface area contributed by atoms with Gasteiger partial charge in [0.05, 0.1) is 17.1 Å². The number of rotatable bonds is 7. The van der Waals surface area contributed by atoms with Crippen molar-refractivity contribution >= 4 is 17.9 Å². The van der Waals surface area contributed by atoms with Gasteiger partial charge in [-0.25, -0.2) is 9.97 Å². The highest BCUT2D eigenvalue weighted by Crippen LogP contribution is 2.35. The first-order chi connectivity index (χ1) is 15.6. The van der Waals surface area contributed by atoms with Gasteiger partial charge in [-0.3, -0.25) is 4.79 Å². The molecule has 7 nitrogen and oxygen atoms in total. The molecule has 182 valence electrons. The summed E-state index contributed by atoms with van der Waals surface area (Å²) in [5.41, 5.74) is 3.87. The fourth-order valence-electron chi connectivity index (χ4n) is 3.24. The van der Waals surface area contributed by atoms with E-state index >= 15 is 0 Å². The summed E-state index contributed by atoms with van der Waals surface area (Å²) in [5, 5.41) is 9.63. The average Bonchev–Trinajstić information content (AvgIpc) is 3.58. The molecular formula is C26H42N6O. The summed E-state index contributed by atoms with van der Waals surface area (Å²) in [5.74, 6) is 1.72. The number of nitrogens with zero attached hydrogens (tertiary/aromatic N) is 3. The molecule has 0 atom stereocenters. The third-order valence-corrected chi connectivity index (χ3v) is 5.09. The van der Waals surface area contributed by atoms with Crippen LogP contribution in [0.2, 0.25) is 0 Å². The van der Waals surface area contributed by atoms with E-state index in [-0.39, 0.29) is 5.66 Å². The molecule has 1 saturated heterocycles. The Morgan fingerprint density at radius 1 is 1.24 bits per heavy atom. The van der Waals surface area contributed by atoms with Crippen LogP contribution in [0.1, 0.15) is 67.7 Å². The van der Waals surface area contributed by atoms with Gasteiger partial charge in [0.2, 0.25) is 0 Å². The molecule has 0 spiro atoms. The van der Waals surface area contributed by atoms with E-state index in [1.165, 1.54) is 25.6 Å².